The number of nitrogens with zero attached hydrogens (tertiary/aromatic N) is 3. The van der Waals surface area contributed by atoms with E-state index in [1.807, 2.05) is 19.6 Å². The summed E-state index contributed by atoms with van der Waals surface area (Å²) >= 11 is 0. The maximum atomic E-state index is 4.17. The molecule has 2 heterocycles. The van der Waals surface area contributed by atoms with E-state index in [-0.39, 0.29) is 0 Å². The van der Waals surface area contributed by atoms with Gasteiger partial charge in [-0.3, -0.25) is 4.90 Å². The van der Waals surface area contributed by atoms with Gasteiger partial charge < -0.3 is 9.88 Å². The average molecular weight is 312 g/mol. The second-order valence-electron chi connectivity index (χ2n) is 6.85. The molecule has 4 heteroatoms. The van der Waals surface area contributed by atoms with Crippen molar-refractivity contribution in [3.05, 3.63) is 53.6 Å². The molecule has 1 aromatic carbocycles. The van der Waals surface area contributed by atoms with Gasteiger partial charge in [0.1, 0.15) is 0 Å². The van der Waals surface area contributed by atoms with Gasteiger partial charge in [-0.15, -0.1) is 0 Å². The van der Waals surface area contributed by atoms with E-state index in [9.17, 15) is 0 Å². The van der Waals surface area contributed by atoms with Crippen LogP contribution < -0.4 is 5.32 Å². The summed E-state index contributed by atoms with van der Waals surface area (Å²) < 4.78 is 2.06. The molecule has 124 valence electrons. The highest BCUT2D eigenvalue weighted by Crippen LogP contribution is 2.19. The first kappa shape index (κ1) is 16.2. The molecule has 0 unspecified atom stereocenters. The lowest BCUT2D eigenvalue weighted by Crippen LogP contribution is -2.34. The normalized spacial score (nSPS) is 19.1. The smallest absolute Gasteiger partial charge is 0.0945 e. The van der Waals surface area contributed by atoms with E-state index >= 15 is 0 Å². The van der Waals surface area contributed by atoms with Gasteiger partial charge in [-0.2, -0.15) is 0 Å². The zero-order valence-corrected chi connectivity index (χ0v) is 14.3. The Hall–Kier alpha value is -1.65. The largest absolute Gasteiger partial charge is 0.337 e. The predicted octanol–water partition coefficient (Wildman–Crippen LogP) is 2.94. The van der Waals surface area contributed by atoms with E-state index in [1.165, 1.54) is 42.8 Å². The zero-order chi connectivity index (χ0) is 16.1. The Morgan fingerprint density at radius 2 is 2.04 bits per heavy atom. The highest BCUT2D eigenvalue weighted by molar-refractivity contribution is 5.27. The van der Waals surface area contributed by atoms with E-state index in [1.54, 1.807) is 0 Å². The van der Waals surface area contributed by atoms with E-state index in [0.29, 0.717) is 0 Å². The van der Waals surface area contributed by atoms with Crippen molar-refractivity contribution >= 4 is 0 Å². The van der Waals surface area contributed by atoms with Crippen molar-refractivity contribution in [3.63, 3.8) is 0 Å². The number of likely N-dealkylation sites (tertiary alicyclic amines) is 1. The highest BCUT2D eigenvalue weighted by Gasteiger charge is 2.17. The van der Waals surface area contributed by atoms with Gasteiger partial charge in [0.15, 0.2) is 0 Å². The average Bonchev–Trinajstić information content (AvgIpc) is 2.94. The minimum absolute atomic E-state index is 0.832. The number of hydrogen-bond donors (Lipinski definition) is 1. The highest BCUT2D eigenvalue weighted by atomic mass is 15.1. The van der Waals surface area contributed by atoms with Crippen molar-refractivity contribution in [3.8, 4) is 0 Å². The van der Waals surface area contributed by atoms with E-state index in [0.717, 1.165) is 25.6 Å². The monoisotopic (exact) mass is 312 g/mol. The number of rotatable bonds is 6. The van der Waals surface area contributed by atoms with Crippen LogP contribution in [0.15, 0.2) is 36.8 Å². The third kappa shape index (κ3) is 4.43. The predicted molar refractivity (Wildman–Crippen MR) is 93.9 cm³/mol. The fourth-order valence-corrected chi connectivity index (χ4v) is 3.44. The van der Waals surface area contributed by atoms with Crippen LogP contribution in [0.3, 0.4) is 0 Å². The number of aromatic nitrogens is 2. The second kappa shape index (κ2) is 7.75. The van der Waals surface area contributed by atoms with Crippen molar-refractivity contribution in [2.45, 2.75) is 39.4 Å². The molecule has 4 nitrogen and oxygen atoms in total. The lowest BCUT2D eigenvalue weighted by Gasteiger charge is -2.31. The second-order valence-corrected chi connectivity index (χ2v) is 6.85. The topological polar surface area (TPSA) is 33.1 Å². The van der Waals surface area contributed by atoms with Crippen LogP contribution in [0.4, 0.5) is 0 Å². The summed E-state index contributed by atoms with van der Waals surface area (Å²) in [6.07, 6.45) is 6.49. The summed E-state index contributed by atoms with van der Waals surface area (Å²) in [6.45, 7) is 7.68. The van der Waals surface area contributed by atoms with Gasteiger partial charge in [-0.05, 0) is 36.4 Å². The molecule has 2 aromatic rings. The van der Waals surface area contributed by atoms with Gasteiger partial charge >= 0.3 is 0 Å². The van der Waals surface area contributed by atoms with Crippen LogP contribution >= 0.6 is 0 Å². The molecule has 0 radical (unpaired) electrons. The lowest BCUT2D eigenvalue weighted by molar-refractivity contribution is 0.176. The Balaban J connectivity index is 1.58. The minimum atomic E-state index is 0.832. The van der Waals surface area contributed by atoms with Crippen LogP contribution in [0.25, 0.3) is 0 Å². The van der Waals surface area contributed by atoms with Gasteiger partial charge in [0.25, 0.3) is 0 Å². The summed E-state index contributed by atoms with van der Waals surface area (Å²) in [5, 5.41) is 3.55. The number of hydrogen-bond acceptors (Lipinski definition) is 3. The molecular formula is C19H28N4. The van der Waals surface area contributed by atoms with E-state index in [4.69, 9.17) is 0 Å². The molecule has 1 atom stereocenters. The molecule has 0 spiro atoms. The van der Waals surface area contributed by atoms with Gasteiger partial charge in [0, 0.05) is 39.4 Å². The summed E-state index contributed by atoms with van der Waals surface area (Å²) in [7, 11) is 2.04. The molecule has 0 aliphatic carbocycles. The first-order chi connectivity index (χ1) is 11.2. The molecule has 0 saturated carbocycles. The van der Waals surface area contributed by atoms with Crippen LogP contribution in [-0.4, -0.2) is 27.5 Å². The van der Waals surface area contributed by atoms with Crippen LogP contribution in [0, 0.1) is 5.92 Å². The fourth-order valence-electron chi connectivity index (χ4n) is 3.44. The Kier molecular flexibility index (Phi) is 5.47. The summed E-state index contributed by atoms with van der Waals surface area (Å²) in [6, 6.07) is 8.83. The lowest BCUT2D eigenvalue weighted by atomic mass is 9.99. The van der Waals surface area contributed by atoms with Crippen molar-refractivity contribution in [2.75, 3.05) is 13.1 Å². The Bertz CT molecular complexity index is 619. The van der Waals surface area contributed by atoms with Gasteiger partial charge in [0.2, 0.25) is 0 Å². The molecule has 1 N–H and O–H groups in total. The van der Waals surface area contributed by atoms with Gasteiger partial charge in [-0.25, -0.2) is 4.98 Å². The standard InChI is InChI=1S/C19H28N4/c1-16-6-5-9-23(13-16)14-18-8-4-3-7-17(18)10-20-11-19-12-21-15-22(19)2/h3-4,7-8,12,15-16,20H,5-6,9-11,13-14H2,1-2H3/t16-/m1/s1. The molecule has 0 bridgehead atoms. The van der Waals surface area contributed by atoms with Gasteiger partial charge in [0.05, 0.1) is 12.0 Å². The fraction of sp³-hybridized carbons (Fsp3) is 0.526. The van der Waals surface area contributed by atoms with Gasteiger partial charge in [-0.1, -0.05) is 31.2 Å². The molecule has 1 aliphatic rings. The quantitative estimate of drug-likeness (QED) is 0.890. The summed E-state index contributed by atoms with van der Waals surface area (Å²) in [5.41, 5.74) is 4.08. The number of nitrogens with one attached hydrogen (secondary N) is 1. The van der Waals surface area contributed by atoms with Crippen LogP contribution in [-0.2, 0) is 26.7 Å². The third-order valence-electron chi connectivity index (χ3n) is 4.79. The molecule has 1 saturated heterocycles. The number of aryl methyl sites for hydroxylation is 1. The first-order valence-electron chi connectivity index (χ1n) is 8.67. The van der Waals surface area contributed by atoms with Crippen molar-refractivity contribution in [1.82, 2.24) is 19.8 Å². The maximum Gasteiger partial charge on any atom is 0.0945 e. The number of piperidine rings is 1. The van der Waals surface area contributed by atoms with Crippen LogP contribution in [0.5, 0.6) is 0 Å². The van der Waals surface area contributed by atoms with E-state index < -0.39 is 0 Å². The number of imidazole rings is 1. The SMILES string of the molecule is C[C@@H]1CCCN(Cc2ccccc2CNCc2cncn2C)C1. The summed E-state index contributed by atoms with van der Waals surface area (Å²) in [4.78, 5) is 6.77. The minimum Gasteiger partial charge on any atom is -0.337 e. The van der Waals surface area contributed by atoms with Crippen molar-refractivity contribution in [1.29, 1.82) is 0 Å². The molecule has 1 aromatic heterocycles. The Labute approximate surface area is 139 Å². The first-order valence-corrected chi connectivity index (χ1v) is 8.67. The van der Waals surface area contributed by atoms with E-state index in [2.05, 4.69) is 51.0 Å². The molecule has 0 amide bonds. The molecule has 23 heavy (non-hydrogen) atoms. The van der Waals surface area contributed by atoms with Crippen LogP contribution in [0.2, 0.25) is 0 Å². The molecular weight excluding hydrogens is 284 g/mol. The third-order valence-corrected chi connectivity index (χ3v) is 4.79. The van der Waals surface area contributed by atoms with Crippen LogP contribution in [0.1, 0.15) is 36.6 Å². The Morgan fingerprint density at radius 3 is 2.78 bits per heavy atom. The Morgan fingerprint density at radius 1 is 1.22 bits per heavy atom. The zero-order valence-electron chi connectivity index (χ0n) is 14.3. The van der Waals surface area contributed by atoms with Crippen molar-refractivity contribution in [2.24, 2.45) is 13.0 Å². The van der Waals surface area contributed by atoms with Crippen molar-refractivity contribution < 1.29 is 0 Å². The number of benzene rings is 1. The summed E-state index contributed by atoms with van der Waals surface area (Å²) in [5.74, 6) is 0.832. The molecule has 1 fully saturated rings. The maximum absolute atomic E-state index is 4.17. The molecule has 3 rings (SSSR count). The molecule has 1 aliphatic heterocycles.